The van der Waals surface area contributed by atoms with Gasteiger partial charge in [0.15, 0.2) is 0 Å². The van der Waals surface area contributed by atoms with Gasteiger partial charge in [0, 0.05) is 73.4 Å². The van der Waals surface area contributed by atoms with Crippen LogP contribution in [0.25, 0.3) is 0 Å². The number of carbonyl (C=O) groups excluding carboxylic acids is 8. The molecule has 3 heterocycles. The van der Waals surface area contributed by atoms with Gasteiger partial charge in [0.2, 0.25) is 47.3 Å². The van der Waals surface area contributed by atoms with Crippen LogP contribution in [0, 0.1) is 0 Å². The molecule has 2 aromatic rings. The van der Waals surface area contributed by atoms with Gasteiger partial charge >= 0.3 is 18.1 Å². The first-order valence-corrected chi connectivity index (χ1v) is 30.1. The third kappa shape index (κ3) is 22.3. The van der Waals surface area contributed by atoms with Crippen LogP contribution in [0.4, 0.5) is 13.2 Å². The fraction of sp³-hybridized carbons (Fsp3) is 0.585. The van der Waals surface area contributed by atoms with Gasteiger partial charge in [0.1, 0.15) is 42.3 Å². The fourth-order valence-corrected chi connectivity index (χ4v) is 11.8. The normalized spacial score (nSPS) is 23.4. The molecule has 8 amide bonds. The lowest BCUT2D eigenvalue weighted by Crippen LogP contribution is -2.61. The van der Waals surface area contributed by atoms with E-state index in [1.807, 2.05) is 19.1 Å². The third-order valence-corrected chi connectivity index (χ3v) is 16.5. The average molecular weight is 1200 g/mol. The van der Waals surface area contributed by atoms with Crippen molar-refractivity contribution in [2.24, 2.45) is 11.5 Å². The molecule has 0 aromatic heterocycles. The summed E-state index contributed by atoms with van der Waals surface area (Å²) < 4.78 is 31.7. The van der Waals surface area contributed by atoms with Crippen LogP contribution in [0.2, 0.25) is 0 Å². The number of carboxylic acids is 2. The minimum absolute atomic E-state index is 0.0621. The van der Waals surface area contributed by atoms with Crippen molar-refractivity contribution in [3.63, 3.8) is 0 Å². The summed E-state index contributed by atoms with van der Waals surface area (Å²) in [7, 11) is 0. The quantitative estimate of drug-likeness (QED) is 0.107. The zero-order chi connectivity index (χ0) is 59.8. The molecule has 81 heavy (non-hydrogen) atoms. The second-order valence-corrected chi connectivity index (χ2v) is 22.9. The third-order valence-electron chi connectivity index (χ3n) is 13.2. The summed E-state index contributed by atoms with van der Waals surface area (Å²) in [5, 5.41) is 41.6. The number of halogens is 3. The van der Waals surface area contributed by atoms with Gasteiger partial charge in [-0.15, -0.1) is 0 Å². The molecule has 3 aliphatic rings. The molecule has 5 rings (SSSR count). The highest BCUT2D eigenvalue weighted by Gasteiger charge is 2.45. The zero-order valence-electron chi connectivity index (χ0n) is 45.2. The highest BCUT2D eigenvalue weighted by molar-refractivity contribution is 7.99. The van der Waals surface area contributed by atoms with E-state index in [0.717, 1.165) is 35.3 Å². The number of primary amides is 1. The molecule has 8 atom stereocenters. The number of unbranched alkanes of at least 4 members (excludes halogenated alkanes) is 2. The van der Waals surface area contributed by atoms with E-state index >= 15 is 0 Å². The van der Waals surface area contributed by atoms with Crippen LogP contribution in [-0.4, -0.2) is 176 Å². The largest absolute Gasteiger partial charge is 0.490 e. The Morgan fingerprint density at radius 3 is 1.95 bits per heavy atom. The number of carboxylic acid groups (broad SMARTS) is 2. The number of aliphatic hydroxyl groups excluding tert-OH is 1. The van der Waals surface area contributed by atoms with E-state index in [0.29, 0.717) is 55.1 Å². The fourth-order valence-electron chi connectivity index (χ4n) is 9.16. The minimum atomic E-state index is -5.08. The summed E-state index contributed by atoms with van der Waals surface area (Å²) >= 11 is 4.39. The molecule has 2 fully saturated rings. The number of rotatable bonds is 16. The van der Waals surface area contributed by atoms with Gasteiger partial charge in [-0.25, -0.2) is 9.59 Å². The lowest BCUT2D eigenvalue weighted by Gasteiger charge is -2.33. The van der Waals surface area contributed by atoms with Crippen LogP contribution >= 0.6 is 35.3 Å². The zero-order valence-corrected chi connectivity index (χ0v) is 47.7. The number of aliphatic carboxylic acids is 2. The van der Waals surface area contributed by atoms with Gasteiger partial charge in [-0.3, -0.25) is 38.4 Å². The Morgan fingerprint density at radius 1 is 0.778 bits per heavy atom. The Bertz CT molecular complexity index is 2500. The van der Waals surface area contributed by atoms with E-state index in [9.17, 15) is 66.5 Å². The SMILES string of the molecule is CCCCCC(=O)N[C@H]1CSCc2cc(CSCCN)cc(c2)CSC[C@@H](C(=O)O)NC(=O)[C@H](Cc2ccccc2)NC(=O)[C@H](CCC(N)=O)NC(=O)[C@H]([C@@H](C)O)NC(=O)[C@@H]2CCCN2C(=O)[C@@H]2CCCN2C1=O.O=C(O)C(F)(F)F. The van der Waals surface area contributed by atoms with Crippen LogP contribution in [0.5, 0.6) is 0 Å². The number of nitrogens with two attached hydrogens (primary N) is 2. The first-order valence-electron chi connectivity index (χ1n) is 26.6. The number of amides is 8. The number of nitrogens with one attached hydrogen (secondary N) is 5. The molecule has 2 saturated heterocycles. The molecule has 2 bridgehead atoms. The highest BCUT2D eigenvalue weighted by Crippen LogP contribution is 2.28. The number of thioether (sulfide) groups is 3. The number of carbonyl (C=O) groups is 10. The maximum absolute atomic E-state index is 14.6. The highest BCUT2D eigenvalue weighted by atomic mass is 32.2. The molecule has 0 aliphatic carbocycles. The number of fused-ring (bicyclic) bond motifs is 4. The number of alkyl halides is 3. The van der Waals surface area contributed by atoms with E-state index in [-0.39, 0.29) is 62.6 Å². The molecular weight excluding hydrogens is 1120 g/mol. The van der Waals surface area contributed by atoms with Gasteiger partial charge in [-0.2, -0.15) is 48.5 Å². The number of benzene rings is 2. The molecule has 0 unspecified atom stereocenters. The van der Waals surface area contributed by atoms with Crippen molar-refractivity contribution in [1.29, 1.82) is 0 Å². The van der Waals surface area contributed by atoms with E-state index in [1.165, 1.54) is 40.2 Å². The van der Waals surface area contributed by atoms with Crippen LogP contribution in [0.1, 0.15) is 100 Å². The maximum Gasteiger partial charge on any atom is 0.490 e. The summed E-state index contributed by atoms with van der Waals surface area (Å²) in [6, 6.07) is 5.78. The van der Waals surface area contributed by atoms with Crippen molar-refractivity contribution in [3.05, 3.63) is 70.8 Å². The summed E-state index contributed by atoms with van der Waals surface area (Å²) in [5.41, 5.74) is 14.7. The molecule has 0 saturated carbocycles. The van der Waals surface area contributed by atoms with E-state index in [2.05, 4.69) is 32.7 Å². The second kappa shape index (κ2) is 33.7. The topological polar surface area (TPSA) is 350 Å². The van der Waals surface area contributed by atoms with E-state index in [1.54, 1.807) is 42.1 Å². The van der Waals surface area contributed by atoms with Gasteiger partial charge in [-0.1, -0.05) is 68.3 Å². The predicted molar refractivity (Wildman–Crippen MR) is 299 cm³/mol. The molecule has 3 aliphatic heterocycles. The van der Waals surface area contributed by atoms with E-state index in [4.69, 9.17) is 21.4 Å². The molecule has 2 aromatic carbocycles. The lowest BCUT2D eigenvalue weighted by atomic mass is 10.0. The predicted octanol–water partition coefficient (Wildman–Crippen LogP) is 1.95. The molecule has 0 spiro atoms. The molecule has 0 radical (unpaired) electrons. The second-order valence-electron chi connectivity index (χ2n) is 19.7. The van der Waals surface area contributed by atoms with Crippen LogP contribution in [0.15, 0.2) is 48.5 Å². The molecular formula is C53H74F3N9O13S3. The standard InChI is InChI=1S/C51H73N9O11S3.C2HF3O2/c1-3-4-6-15-43(63)54-38-29-73-27-34-22-33(26-72-21-18-52)23-35(24-34)28-74-30-39(51(70)71)57-46(65)37(25-32-11-7-5-8-12-32)56-45(64)36(16-17-42(53)62)55-48(67)44(31(2)61)58-47(66)40-13-9-19-59(40)50(69)41-14-10-20-60(41)49(38)68;3-2(4,5)1(6)7/h5,7-8,11-12,22-24,31,36-41,44,61H,3-4,6,9-10,13-21,25-30,52H2,1-2H3,(H2,53,62)(H,54,63)(H,55,67)(H,56,64)(H,57,65)(H,58,66)(H,70,71);(H,6,7)/t31-,36+,37+,38+,39+,40+,41+,44+;/m1./s1. The van der Waals surface area contributed by atoms with Crippen LogP contribution in [0.3, 0.4) is 0 Å². The van der Waals surface area contributed by atoms with Gasteiger partial charge in [-0.05, 0) is 67.7 Å². The summed E-state index contributed by atoms with van der Waals surface area (Å²) in [4.78, 5) is 135. The molecule has 448 valence electrons. The first-order chi connectivity index (χ1) is 38.4. The van der Waals surface area contributed by atoms with Crippen LogP contribution in [-0.2, 0) is 71.6 Å². The Labute approximate surface area is 480 Å². The van der Waals surface area contributed by atoms with Crippen molar-refractivity contribution in [1.82, 2.24) is 36.4 Å². The lowest BCUT2D eigenvalue weighted by molar-refractivity contribution is -0.192. The first kappa shape index (κ1) is 67.4. The average Bonchev–Trinajstić information content (AvgIpc) is 4.12. The Kier molecular flexibility index (Phi) is 28.1. The van der Waals surface area contributed by atoms with Crippen molar-refractivity contribution >= 4 is 94.5 Å². The Hall–Kier alpha value is -6.10. The summed E-state index contributed by atoms with van der Waals surface area (Å²) in [6.45, 7) is 4.21. The number of hydrogen-bond donors (Lipinski definition) is 10. The summed E-state index contributed by atoms with van der Waals surface area (Å²) in [6.07, 6.45) is -3.36. The minimum Gasteiger partial charge on any atom is -0.480 e. The van der Waals surface area contributed by atoms with Gasteiger partial charge in [0.05, 0.1) is 6.10 Å². The van der Waals surface area contributed by atoms with Crippen molar-refractivity contribution in [3.8, 4) is 0 Å². The van der Waals surface area contributed by atoms with Crippen molar-refractivity contribution in [2.45, 2.75) is 156 Å². The Morgan fingerprint density at radius 2 is 1.37 bits per heavy atom. The van der Waals surface area contributed by atoms with Crippen molar-refractivity contribution in [2.75, 3.05) is 36.9 Å². The van der Waals surface area contributed by atoms with E-state index < -0.39 is 108 Å². The van der Waals surface area contributed by atoms with Gasteiger partial charge in [0.25, 0.3) is 0 Å². The molecule has 12 N–H and O–H groups in total. The number of hydrogen-bond acceptors (Lipinski definition) is 15. The monoisotopic (exact) mass is 1200 g/mol. The Balaban J connectivity index is 0.00000189. The summed E-state index contributed by atoms with van der Waals surface area (Å²) in [5.74, 6) is -7.24. The van der Waals surface area contributed by atoms with Crippen LogP contribution < -0.4 is 38.1 Å². The smallest absolute Gasteiger partial charge is 0.480 e. The maximum atomic E-state index is 14.6. The molecule has 28 heteroatoms. The number of nitrogens with zero attached hydrogens (tertiary/aromatic N) is 2. The number of aliphatic hydroxyl groups is 1. The molecule has 22 nitrogen and oxygen atoms in total. The van der Waals surface area contributed by atoms with Crippen molar-refractivity contribution < 1.29 is 76.4 Å². The van der Waals surface area contributed by atoms with Gasteiger partial charge < -0.3 is 63.2 Å².